The van der Waals surface area contributed by atoms with E-state index >= 15 is 0 Å². The van der Waals surface area contributed by atoms with Gasteiger partial charge in [-0.2, -0.15) is 0 Å². The van der Waals surface area contributed by atoms with Crippen molar-refractivity contribution in [2.75, 3.05) is 5.32 Å². The largest absolute Gasteiger partial charge is 0.328 e. The summed E-state index contributed by atoms with van der Waals surface area (Å²) in [6, 6.07) is 12.9. The minimum Gasteiger partial charge on any atom is -0.328 e. The normalized spacial score (nSPS) is 13.2. The number of hydrogen-bond donors (Lipinski definition) is 1. The smallest absolute Gasteiger partial charge is 0.261 e. The number of carbonyl (C=O) groups excluding carboxylic acids is 1. The van der Waals surface area contributed by atoms with Crippen molar-refractivity contribution in [2.45, 2.75) is 32.4 Å². The number of carbonyl (C=O) groups is 1. The fraction of sp³-hybridized carbons (Fsp3) is 0.217. The Morgan fingerprint density at radius 3 is 2.77 bits per heavy atom. The van der Waals surface area contributed by atoms with Crippen molar-refractivity contribution in [3.05, 3.63) is 75.5 Å². The topological polar surface area (TPSA) is 81.8 Å². The van der Waals surface area contributed by atoms with Crippen LogP contribution in [0, 0.1) is 0 Å². The summed E-state index contributed by atoms with van der Waals surface area (Å²) in [5, 5.41) is 3.32. The Bertz CT molecular complexity index is 1340. The van der Waals surface area contributed by atoms with Gasteiger partial charge in [0.25, 0.3) is 5.56 Å². The van der Waals surface area contributed by atoms with E-state index in [4.69, 9.17) is 0 Å². The van der Waals surface area contributed by atoms with Crippen LogP contribution in [-0.2, 0) is 24.3 Å². The van der Waals surface area contributed by atoms with E-state index in [1.807, 2.05) is 36.5 Å². The molecular weight excluding hydrogens is 458 g/mol. The molecular formula is C23H20BrN5O2. The van der Waals surface area contributed by atoms with Gasteiger partial charge in [-0.25, -0.2) is 9.97 Å². The number of benzene rings is 2. The van der Waals surface area contributed by atoms with Crippen LogP contribution in [0.3, 0.4) is 0 Å². The third kappa shape index (κ3) is 3.90. The molecule has 2 aromatic carbocycles. The van der Waals surface area contributed by atoms with Gasteiger partial charge in [0.2, 0.25) is 5.91 Å². The Morgan fingerprint density at radius 1 is 1.10 bits per heavy atom. The zero-order valence-corrected chi connectivity index (χ0v) is 18.3. The number of amides is 1. The fourth-order valence-corrected chi connectivity index (χ4v) is 4.33. The molecule has 0 fully saturated rings. The summed E-state index contributed by atoms with van der Waals surface area (Å²) in [5.74, 6) is 0.678. The molecule has 0 aliphatic carbocycles. The van der Waals surface area contributed by atoms with Gasteiger partial charge < -0.3 is 9.88 Å². The van der Waals surface area contributed by atoms with Gasteiger partial charge in [-0.05, 0) is 61.7 Å². The van der Waals surface area contributed by atoms with Crippen LogP contribution in [0.2, 0.25) is 0 Å². The van der Waals surface area contributed by atoms with E-state index in [2.05, 4.69) is 35.8 Å². The van der Waals surface area contributed by atoms with Crippen LogP contribution in [0.5, 0.6) is 0 Å². The van der Waals surface area contributed by atoms with Gasteiger partial charge >= 0.3 is 0 Å². The molecule has 0 atom stereocenters. The van der Waals surface area contributed by atoms with Gasteiger partial charge in [0.05, 0.1) is 17.2 Å². The van der Waals surface area contributed by atoms with E-state index < -0.39 is 0 Å². The third-order valence-corrected chi connectivity index (χ3v) is 6.02. The Morgan fingerprint density at radius 2 is 1.94 bits per heavy atom. The molecule has 0 saturated carbocycles. The first-order valence-corrected chi connectivity index (χ1v) is 11.0. The van der Waals surface area contributed by atoms with E-state index in [0.29, 0.717) is 16.6 Å². The van der Waals surface area contributed by atoms with Crippen LogP contribution in [0.4, 0.5) is 5.69 Å². The molecule has 0 bridgehead atoms. The molecule has 156 valence electrons. The molecule has 0 saturated heterocycles. The molecule has 0 spiro atoms. The van der Waals surface area contributed by atoms with Gasteiger partial charge in [0.15, 0.2) is 0 Å². The number of aryl methyl sites for hydroxylation is 1. The van der Waals surface area contributed by atoms with Gasteiger partial charge in [0.1, 0.15) is 12.4 Å². The van der Waals surface area contributed by atoms with E-state index in [1.54, 1.807) is 12.1 Å². The monoisotopic (exact) mass is 477 g/mol. The molecule has 0 radical (unpaired) electrons. The van der Waals surface area contributed by atoms with E-state index in [1.165, 1.54) is 29.4 Å². The summed E-state index contributed by atoms with van der Waals surface area (Å²) in [4.78, 5) is 34.0. The predicted octanol–water partition coefficient (Wildman–Crippen LogP) is 4.00. The van der Waals surface area contributed by atoms with Gasteiger partial charge in [-0.1, -0.05) is 15.9 Å². The van der Waals surface area contributed by atoms with Gasteiger partial charge in [-0.15, -0.1) is 0 Å². The van der Waals surface area contributed by atoms with E-state index in [0.717, 1.165) is 28.8 Å². The van der Waals surface area contributed by atoms with Crippen molar-refractivity contribution in [2.24, 2.45) is 0 Å². The van der Waals surface area contributed by atoms with Gasteiger partial charge in [-0.3, -0.25) is 14.2 Å². The molecule has 4 aromatic rings. The molecule has 1 N–H and O–H groups in total. The van der Waals surface area contributed by atoms with Crippen molar-refractivity contribution in [3.63, 3.8) is 0 Å². The van der Waals surface area contributed by atoms with Crippen molar-refractivity contribution in [1.82, 2.24) is 19.1 Å². The molecule has 0 unspecified atom stereocenters. The number of nitrogens with one attached hydrogen (secondary N) is 1. The van der Waals surface area contributed by atoms with Crippen molar-refractivity contribution >= 4 is 38.4 Å². The summed E-state index contributed by atoms with van der Waals surface area (Å²) < 4.78 is 4.38. The number of fused-ring (bicyclic) bond motifs is 2. The Balaban J connectivity index is 1.31. The maximum Gasteiger partial charge on any atom is 0.261 e. The number of aromatic nitrogens is 4. The highest BCUT2D eigenvalue weighted by atomic mass is 79.9. The number of anilines is 1. The molecule has 1 amide bonds. The minimum atomic E-state index is -0.288. The second kappa shape index (κ2) is 8.11. The van der Waals surface area contributed by atoms with Crippen molar-refractivity contribution in [1.29, 1.82) is 0 Å². The Hall–Kier alpha value is -3.26. The lowest BCUT2D eigenvalue weighted by Crippen LogP contribution is -2.27. The molecule has 8 heteroatoms. The lowest BCUT2D eigenvalue weighted by molar-refractivity contribution is -0.116. The van der Waals surface area contributed by atoms with Gasteiger partial charge in [0, 0.05) is 34.2 Å². The SMILES string of the molecule is O=C(Cn1cnc2ccc(Br)cc2c1=O)Nc1ccc(-c2ncc3n2CCCC3)cc1. The zero-order chi connectivity index (χ0) is 21.4. The lowest BCUT2D eigenvalue weighted by atomic mass is 10.1. The van der Waals surface area contributed by atoms with Crippen LogP contribution >= 0.6 is 15.9 Å². The highest BCUT2D eigenvalue weighted by Crippen LogP contribution is 2.25. The van der Waals surface area contributed by atoms with Crippen molar-refractivity contribution in [3.8, 4) is 11.4 Å². The number of nitrogens with zero attached hydrogens (tertiary/aromatic N) is 4. The predicted molar refractivity (Wildman–Crippen MR) is 123 cm³/mol. The Labute approximate surface area is 186 Å². The number of hydrogen-bond acceptors (Lipinski definition) is 4. The number of rotatable bonds is 4. The molecule has 5 rings (SSSR count). The average Bonchev–Trinajstić information content (AvgIpc) is 3.21. The second-order valence-corrected chi connectivity index (χ2v) is 8.56. The molecule has 7 nitrogen and oxygen atoms in total. The maximum absolute atomic E-state index is 12.7. The highest BCUT2D eigenvalue weighted by Gasteiger charge is 2.15. The molecule has 1 aliphatic rings. The van der Waals surface area contributed by atoms with Crippen LogP contribution in [0.25, 0.3) is 22.3 Å². The maximum atomic E-state index is 12.7. The van der Waals surface area contributed by atoms with E-state index in [-0.39, 0.29) is 18.0 Å². The number of imidazole rings is 1. The molecule has 2 aromatic heterocycles. The summed E-state index contributed by atoms with van der Waals surface area (Å²) in [7, 11) is 0. The Kier molecular flexibility index (Phi) is 5.15. The molecule has 31 heavy (non-hydrogen) atoms. The first-order chi connectivity index (χ1) is 15.1. The molecule has 1 aliphatic heterocycles. The standard InChI is InChI=1S/C23H20BrN5O2/c24-16-6-9-20-19(11-16)23(31)28(14-26-20)13-21(30)27-17-7-4-15(5-8-17)22-25-12-18-3-1-2-10-29(18)22/h4-9,11-12,14H,1-3,10,13H2,(H,27,30). The summed E-state index contributed by atoms with van der Waals surface area (Å²) in [6.07, 6.45) is 6.81. The van der Waals surface area contributed by atoms with Crippen LogP contribution in [-0.4, -0.2) is 25.0 Å². The first-order valence-electron chi connectivity index (χ1n) is 10.2. The van der Waals surface area contributed by atoms with Crippen LogP contribution in [0.1, 0.15) is 18.5 Å². The number of halogens is 1. The van der Waals surface area contributed by atoms with Crippen LogP contribution < -0.4 is 10.9 Å². The molecule has 3 heterocycles. The van der Waals surface area contributed by atoms with Crippen LogP contribution in [0.15, 0.2) is 64.3 Å². The third-order valence-electron chi connectivity index (χ3n) is 5.53. The second-order valence-electron chi connectivity index (χ2n) is 7.65. The summed E-state index contributed by atoms with van der Waals surface area (Å²) in [5.41, 5.74) is 3.32. The summed E-state index contributed by atoms with van der Waals surface area (Å²) >= 11 is 3.37. The average molecular weight is 478 g/mol. The van der Waals surface area contributed by atoms with E-state index in [9.17, 15) is 9.59 Å². The van der Waals surface area contributed by atoms with Crippen molar-refractivity contribution < 1.29 is 4.79 Å². The first kappa shape index (κ1) is 19.7. The highest BCUT2D eigenvalue weighted by molar-refractivity contribution is 9.10. The fourth-order valence-electron chi connectivity index (χ4n) is 3.97. The minimum absolute atomic E-state index is 0.107. The zero-order valence-electron chi connectivity index (χ0n) is 16.7. The lowest BCUT2D eigenvalue weighted by Gasteiger charge is -2.16. The summed E-state index contributed by atoms with van der Waals surface area (Å²) in [6.45, 7) is 0.887. The quantitative estimate of drug-likeness (QED) is 0.481.